The van der Waals surface area contributed by atoms with Crippen molar-refractivity contribution in [3.8, 4) is 46.0 Å². The number of benzene rings is 4. The van der Waals surface area contributed by atoms with Crippen molar-refractivity contribution in [1.82, 2.24) is 0 Å². The van der Waals surface area contributed by atoms with Crippen LogP contribution >= 0.6 is 0 Å². The molecule has 0 amide bonds. The zero-order valence-electron chi connectivity index (χ0n) is 24.9. The Hall–Kier alpha value is -5.64. The van der Waals surface area contributed by atoms with Crippen LogP contribution in [0.2, 0.25) is 0 Å². The average molecular weight is 625 g/mol. The maximum absolute atomic E-state index is 13.8. The zero-order chi connectivity index (χ0) is 32.9. The van der Waals surface area contributed by atoms with Crippen molar-refractivity contribution in [2.45, 2.75) is 44.3 Å². The molecule has 0 fully saturated rings. The fourth-order valence-electron chi connectivity index (χ4n) is 6.67. The van der Waals surface area contributed by atoms with E-state index in [1.165, 1.54) is 67.6 Å². The molecule has 4 aromatic carbocycles. The lowest BCUT2D eigenvalue weighted by molar-refractivity contribution is -0.122. The number of ketones is 2. The van der Waals surface area contributed by atoms with Gasteiger partial charge in [0.05, 0.1) is 5.56 Å². The van der Waals surface area contributed by atoms with Crippen LogP contribution in [0, 0.1) is 5.92 Å². The van der Waals surface area contributed by atoms with Gasteiger partial charge < -0.3 is 40.1 Å². The number of carbonyl (C=O) groups excluding carboxylic acids is 2. The van der Waals surface area contributed by atoms with Crippen molar-refractivity contribution in [2.75, 3.05) is 0 Å². The SMILES string of the molecule is CC(=O)C1C(c2c(O)ccc(C3Oc4cc(O)ccc4C(=O)C3Oc3cccc(O)c3)c2O)C=C(C)CC1c1ccc(O)cc1O. The predicted octanol–water partition coefficient (Wildman–Crippen LogP) is 6.11. The Bertz CT molecular complexity index is 1890. The van der Waals surface area contributed by atoms with Gasteiger partial charge in [-0.05, 0) is 68.3 Å². The van der Waals surface area contributed by atoms with Crippen molar-refractivity contribution in [3.05, 3.63) is 107 Å². The number of carbonyl (C=O) groups is 2. The standard InChI is InChI=1S/C36H32O10/c1-17-12-26(23-8-6-20(39)15-29(23)42)31(18(2)37)27(13-17)32-28(41)11-10-25(33(32)43)35-36(45-22-5-3-4-19(38)14-22)34(44)24-9-7-21(40)16-30(24)46-35/h3-11,13-16,26-27,31,35-36,38-43H,12H2,1-2H3. The fourth-order valence-corrected chi connectivity index (χ4v) is 6.67. The maximum atomic E-state index is 13.8. The van der Waals surface area contributed by atoms with Crippen LogP contribution in [0.5, 0.6) is 46.0 Å². The van der Waals surface area contributed by atoms with E-state index in [1.54, 1.807) is 18.2 Å². The summed E-state index contributed by atoms with van der Waals surface area (Å²) in [6, 6.07) is 16.8. The summed E-state index contributed by atoms with van der Waals surface area (Å²) in [6.45, 7) is 3.25. The largest absolute Gasteiger partial charge is 0.508 e. The predicted molar refractivity (Wildman–Crippen MR) is 166 cm³/mol. The van der Waals surface area contributed by atoms with E-state index < -0.39 is 41.5 Å². The van der Waals surface area contributed by atoms with Gasteiger partial charge in [0.15, 0.2) is 6.10 Å². The molecule has 5 atom stereocenters. The zero-order valence-corrected chi connectivity index (χ0v) is 24.9. The van der Waals surface area contributed by atoms with Crippen LogP contribution in [-0.4, -0.2) is 48.3 Å². The molecule has 5 unspecified atom stereocenters. The average Bonchev–Trinajstić information content (AvgIpc) is 2.98. The lowest BCUT2D eigenvalue weighted by Crippen LogP contribution is -2.40. The van der Waals surface area contributed by atoms with Gasteiger partial charge in [-0.15, -0.1) is 0 Å². The molecule has 6 rings (SSSR count). The molecule has 0 saturated heterocycles. The first-order valence-electron chi connectivity index (χ1n) is 14.7. The van der Waals surface area contributed by atoms with Gasteiger partial charge in [-0.1, -0.05) is 23.8 Å². The van der Waals surface area contributed by atoms with Crippen LogP contribution in [0.25, 0.3) is 0 Å². The number of ether oxygens (including phenoxy) is 2. The number of phenolic OH excluding ortho intramolecular Hbond substituents is 6. The number of phenols is 6. The molecule has 1 aliphatic carbocycles. The van der Waals surface area contributed by atoms with Crippen molar-refractivity contribution in [1.29, 1.82) is 0 Å². The Labute approximate surface area is 264 Å². The molecule has 0 spiro atoms. The number of hydrogen-bond acceptors (Lipinski definition) is 10. The van der Waals surface area contributed by atoms with Crippen molar-refractivity contribution >= 4 is 11.6 Å². The van der Waals surface area contributed by atoms with Gasteiger partial charge >= 0.3 is 0 Å². The molecule has 10 nitrogen and oxygen atoms in total. The number of Topliss-reactive ketones (excluding diaryl/α,β-unsaturated/α-hetero) is 2. The summed E-state index contributed by atoms with van der Waals surface area (Å²) in [4.78, 5) is 27.1. The van der Waals surface area contributed by atoms with Gasteiger partial charge in [-0.2, -0.15) is 0 Å². The van der Waals surface area contributed by atoms with Crippen LogP contribution in [0.3, 0.4) is 0 Å². The first-order chi connectivity index (χ1) is 21.9. The summed E-state index contributed by atoms with van der Waals surface area (Å²) < 4.78 is 12.3. The molecule has 1 aliphatic heterocycles. The Kier molecular flexibility index (Phi) is 7.73. The van der Waals surface area contributed by atoms with Gasteiger partial charge in [-0.25, -0.2) is 0 Å². The van der Waals surface area contributed by atoms with Crippen molar-refractivity contribution in [2.24, 2.45) is 5.92 Å². The van der Waals surface area contributed by atoms with E-state index in [2.05, 4.69) is 0 Å². The van der Waals surface area contributed by atoms with E-state index in [1.807, 2.05) is 6.92 Å². The molecular weight excluding hydrogens is 592 g/mol. The van der Waals surface area contributed by atoms with Crippen LogP contribution in [0.1, 0.15) is 65.3 Å². The molecule has 10 heteroatoms. The van der Waals surface area contributed by atoms with Crippen molar-refractivity contribution < 1.29 is 49.7 Å². The summed E-state index contributed by atoms with van der Waals surface area (Å²) in [5.41, 5.74) is 1.50. The van der Waals surface area contributed by atoms with Gasteiger partial charge in [-0.3, -0.25) is 9.59 Å². The topological polar surface area (TPSA) is 174 Å². The number of allylic oxidation sites excluding steroid dienone is 2. The molecule has 0 saturated carbocycles. The highest BCUT2D eigenvalue weighted by Crippen LogP contribution is 2.53. The second-order valence-corrected chi connectivity index (χ2v) is 11.8. The molecule has 0 bridgehead atoms. The van der Waals surface area contributed by atoms with E-state index in [9.17, 15) is 40.2 Å². The molecule has 236 valence electrons. The lowest BCUT2D eigenvalue weighted by Gasteiger charge is -2.37. The second kappa shape index (κ2) is 11.7. The minimum atomic E-state index is -1.36. The number of fused-ring (bicyclic) bond motifs is 1. The van der Waals surface area contributed by atoms with Crippen LogP contribution < -0.4 is 9.47 Å². The molecule has 0 radical (unpaired) electrons. The van der Waals surface area contributed by atoms with Gasteiger partial charge in [0.2, 0.25) is 11.9 Å². The fraction of sp³-hybridized carbons (Fsp3) is 0.222. The highest BCUT2D eigenvalue weighted by Gasteiger charge is 2.45. The minimum Gasteiger partial charge on any atom is -0.508 e. The first kappa shape index (κ1) is 30.4. The summed E-state index contributed by atoms with van der Waals surface area (Å²) in [5, 5.41) is 63.8. The lowest BCUT2D eigenvalue weighted by atomic mass is 9.66. The van der Waals surface area contributed by atoms with E-state index >= 15 is 0 Å². The smallest absolute Gasteiger partial charge is 0.211 e. The Morgan fingerprint density at radius 2 is 1.52 bits per heavy atom. The van der Waals surface area contributed by atoms with Crippen LogP contribution in [-0.2, 0) is 4.79 Å². The molecule has 2 aliphatic rings. The number of hydrogen-bond donors (Lipinski definition) is 6. The van der Waals surface area contributed by atoms with E-state index in [4.69, 9.17) is 9.47 Å². The highest BCUT2D eigenvalue weighted by atomic mass is 16.6. The van der Waals surface area contributed by atoms with E-state index in [0.717, 1.165) is 5.57 Å². The molecule has 6 N–H and O–H groups in total. The Morgan fingerprint density at radius 3 is 2.24 bits per heavy atom. The van der Waals surface area contributed by atoms with Gasteiger partial charge in [0.25, 0.3) is 0 Å². The number of rotatable bonds is 6. The summed E-state index contributed by atoms with van der Waals surface area (Å²) in [7, 11) is 0. The van der Waals surface area contributed by atoms with E-state index in [0.29, 0.717) is 12.0 Å². The van der Waals surface area contributed by atoms with E-state index in [-0.39, 0.29) is 62.7 Å². The summed E-state index contributed by atoms with van der Waals surface area (Å²) in [5.74, 6) is -4.10. The summed E-state index contributed by atoms with van der Waals surface area (Å²) in [6.07, 6.45) is -0.457. The normalized spacial score (nSPS) is 22.3. The number of aromatic hydroxyl groups is 6. The van der Waals surface area contributed by atoms with Crippen LogP contribution in [0.15, 0.2) is 84.4 Å². The monoisotopic (exact) mass is 624 g/mol. The quantitative estimate of drug-likeness (QED) is 0.137. The third kappa shape index (κ3) is 5.42. The molecule has 46 heavy (non-hydrogen) atoms. The highest BCUT2D eigenvalue weighted by molar-refractivity contribution is 6.03. The minimum absolute atomic E-state index is 0.0221. The first-order valence-corrected chi connectivity index (χ1v) is 14.7. The summed E-state index contributed by atoms with van der Waals surface area (Å²) >= 11 is 0. The second-order valence-electron chi connectivity index (χ2n) is 11.8. The van der Waals surface area contributed by atoms with Gasteiger partial charge in [0, 0.05) is 47.1 Å². The van der Waals surface area contributed by atoms with Crippen LogP contribution in [0.4, 0.5) is 0 Å². The van der Waals surface area contributed by atoms with Gasteiger partial charge in [0.1, 0.15) is 51.8 Å². The Balaban J connectivity index is 1.48. The molecule has 4 aromatic rings. The maximum Gasteiger partial charge on any atom is 0.211 e. The molecule has 1 heterocycles. The molecule has 0 aromatic heterocycles. The van der Waals surface area contributed by atoms with Crippen molar-refractivity contribution in [3.63, 3.8) is 0 Å². The third-order valence-electron chi connectivity index (χ3n) is 8.67. The Morgan fingerprint density at radius 1 is 0.826 bits per heavy atom. The molecular formula is C36H32O10. The third-order valence-corrected chi connectivity index (χ3v) is 8.67.